The standard InChI is InChI=1S/C30H45N4O2/c1-12-35-22(3)19-23(4)36-18-17-33-16-15-32(11)26(33)25-20-24(14-13-21(25)2)34-27(29(5,6)7)31-28(34)30(8,9)10/h13-16,19-20H,12,17-18H2,1-11H3/q+3. The average molecular weight is 494 g/mol. The number of rotatable bonds is 8. The molecule has 1 aromatic carbocycles. The third kappa shape index (κ3) is 6.03. The summed E-state index contributed by atoms with van der Waals surface area (Å²) in [6, 6.07) is 6.74. The lowest BCUT2D eigenvalue weighted by Gasteiger charge is -2.31. The van der Waals surface area contributed by atoms with Gasteiger partial charge in [0, 0.05) is 0 Å². The van der Waals surface area contributed by atoms with E-state index < -0.39 is 0 Å². The lowest BCUT2D eigenvalue weighted by Crippen LogP contribution is -2.46. The Kier molecular flexibility index (Phi) is 8.07. The molecule has 1 aliphatic rings. The van der Waals surface area contributed by atoms with E-state index in [1.807, 2.05) is 26.8 Å². The highest BCUT2D eigenvalue weighted by Gasteiger charge is 2.44. The number of amidine groups is 2. The third-order valence-corrected chi connectivity index (χ3v) is 6.21. The summed E-state index contributed by atoms with van der Waals surface area (Å²) in [7, 11) is 2.10. The minimum atomic E-state index is -0.0364. The van der Waals surface area contributed by atoms with Crippen molar-refractivity contribution in [2.45, 2.75) is 75.8 Å². The largest absolute Gasteiger partial charge is 0.498 e. The Morgan fingerprint density at radius 2 is 1.81 bits per heavy atom. The van der Waals surface area contributed by atoms with Gasteiger partial charge in [-0.25, -0.2) is 9.13 Å². The smallest absolute Gasteiger partial charge is 0.320 e. The number of imidazole rings is 1. The van der Waals surface area contributed by atoms with E-state index in [1.165, 1.54) is 11.1 Å². The van der Waals surface area contributed by atoms with E-state index in [1.54, 1.807) is 0 Å². The van der Waals surface area contributed by atoms with E-state index >= 15 is 0 Å². The summed E-state index contributed by atoms with van der Waals surface area (Å²) >= 11 is 0. The summed E-state index contributed by atoms with van der Waals surface area (Å²) in [4.78, 5) is 4.98. The number of aromatic nitrogens is 2. The van der Waals surface area contributed by atoms with E-state index in [2.05, 4.69) is 99.8 Å². The second kappa shape index (κ2) is 10.5. The fourth-order valence-corrected chi connectivity index (χ4v) is 4.45. The zero-order valence-electron chi connectivity index (χ0n) is 24.2. The van der Waals surface area contributed by atoms with Gasteiger partial charge in [-0.1, -0.05) is 52.6 Å². The lowest BCUT2D eigenvalue weighted by atomic mass is 9.87. The number of benzene rings is 1. The normalized spacial score (nSPS) is 15.2. The summed E-state index contributed by atoms with van der Waals surface area (Å²) in [6.07, 6.45) is 6.17. The average Bonchev–Trinajstić information content (AvgIpc) is 3.06. The molecule has 0 amide bonds. The fourth-order valence-electron chi connectivity index (χ4n) is 4.45. The lowest BCUT2D eigenvalue weighted by molar-refractivity contribution is -0.659. The van der Waals surface area contributed by atoms with E-state index in [9.17, 15) is 0 Å². The molecular weight excluding hydrogens is 448 g/mol. The third-order valence-electron chi connectivity index (χ3n) is 6.21. The highest BCUT2D eigenvalue weighted by atomic mass is 16.5. The summed E-state index contributed by atoms with van der Waals surface area (Å²) in [5.74, 6) is 5.10. The van der Waals surface area contributed by atoms with Gasteiger partial charge in [0.25, 0.3) is 24.1 Å². The highest BCUT2D eigenvalue weighted by Crippen LogP contribution is 2.35. The van der Waals surface area contributed by atoms with Crippen molar-refractivity contribution in [1.29, 1.82) is 0 Å². The first kappa shape index (κ1) is 27.6. The van der Waals surface area contributed by atoms with Gasteiger partial charge < -0.3 is 4.74 Å². The number of hydrogen-bond acceptors (Lipinski definition) is 2. The second-order valence-electron chi connectivity index (χ2n) is 11.7. The first-order chi connectivity index (χ1) is 16.7. The van der Waals surface area contributed by atoms with Crippen LogP contribution in [0.15, 0.2) is 47.4 Å². The molecule has 6 nitrogen and oxygen atoms in total. The van der Waals surface area contributed by atoms with Gasteiger partial charge >= 0.3 is 5.78 Å². The molecular formula is C30H45N4O2+3. The Labute approximate surface area is 217 Å². The van der Waals surface area contributed by atoms with Crippen LogP contribution in [-0.2, 0) is 22.8 Å². The van der Waals surface area contributed by atoms with Crippen molar-refractivity contribution in [2.75, 3.05) is 13.2 Å². The van der Waals surface area contributed by atoms with Gasteiger partial charge in [0.05, 0.1) is 43.0 Å². The Balaban J connectivity index is 1.97. The summed E-state index contributed by atoms with van der Waals surface area (Å²) in [5, 5.41) is 0. The number of aliphatic imine (C=N–C) groups is 1. The maximum atomic E-state index is 5.99. The summed E-state index contributed by atoms with van der Waals surface area (Å²) in [6.45, 7) is 23.4. The van der Waals surface area contributed by atoms with Crippen LogP contribution < -0.4 is 4.57 Å². The minimum absolute atomic E-state index is 0.0364. The summed E-state index contributed by atoms with van der Waals surface area (Å²) in [5.41, 5.74) is 3.53. The molecule has 0 N–H and O–H groups in total. The van der Waals surface area contributed by atoms with Gasteiger partial charge in [-0.05, 0) is 38.5 Å². The van der Waals surface area contributed by atoms with Crippen LogP contribution in [0.25, 0.3) is 11.4 Å². The quantitative estimate of drug-likeness (QED) is 0.195. The van der Waals surface area contributed by atoms with Crippen molar-refractivity contribution in [2.24, 2.45) is 22.9 Å². The molecule has 2 aromatic rings. The van der Waals surface area contributed by atoms with Crippen LogP contribution in [-0.4, -0.2) is 39.8 Å². The Morgan fingerprint density at radius 3 is 2.42 bits per heavy atom. The van der Waals surface area contributed by atoms with Crippen LogP contribution in [0.5, 0.6) is 0 Å². The molecule has 1 aromatic heterocycles. The molecule has 0 unspecified atom stereocenters. The van der Waals surface area contributed by atoms with E-state index in [0.717, 1.165) is 41.3 Å². The molecule has 0 spiro atoms. The zero-order valence-corrected chi connectivity index (χ0v) is 24.2. The van der Waals surface area contributed by atoms with Gasteiger partial charge in [-0.3, -0.25) is 4.42 Å². The molecule has 0 radical (unpaired) electrons. The van der Waals surface area contributed by atoms with E-state index in [4.69, 9.17) is 14.2 Å². The minimum Gasteiger partial charge on any atom is -0.498 e. The molecule has 0 atom stereocenters. The van der Waals surface area contributed by atoms with E-state index in [-0.39, 0.29) is 10.8 Å². The molecule has 0 aliphatic carbocycles. The van der Waals surface area contributed by atoms with Crippen molar-refractivity contribution in [1.82, 2.24) is 4.57 Å². The molecule has 6 heteroatoms. The first-order valence-corrected chi connectivity index (χ1v) is 12.9. The Morgan fingerprint density at radius 1 is 1.11 bits per heavy atom. The second-order valence-corrected chi connectivity index (χ2v) is 11.7. The van der Waals surface area contributed by atoms with Crippen LogP contribution in [0, 0.1) is 17.8 Å². The van der Waals surface area contributed by atoms with Gasteiger partial charge in [-0.2, -0.15) is 4.58 Å². The maximum Gasteiger partial charge on any atom is 0.320 e. The predicted molar refractivity (Wildman–Crippen MR) is 148 cm³/mol. The molecule has 3 rings (SSSR count). The number of ketones is 1. The number of hydrogen-bond donors (Lipinski definition) is 0. The van der Waals surface area contributed by atoms with Gasteiger partial charge in [0.15, 0.2) is 6.54 Å². The Bertz CT molecular complexity index is 1240. The zero-order chi connectivity index (χ0) is 26.8. The predicted octanol–water partition coefficient (Wildman–Crippen LogP) is 5.90. The molecule has 0 saturated heterocycles. The molecule has 0 bridgehead atoms. The van der Waals surface area contributed by atoms with Crippen LogP contribution in [0.4, 0.5) is 5.69 Å². The molecule has 194 valence electrons. The molecule has 36 heavy (non-hydrogen) atoms. The monoisotopic (exact) mass is 493 g/mol. The summed E-state index contributed by atoms with van der Waals surface area (Å²) < 4.78 is 18.3. The van der Waals surface area contributed by atoms with Crippen LogP contribution in [0.2, 0.25) is 0 Å². The maximum absolute atomic E-state index is 5.99. The molecule has 0 fully saturated rings. The van der Waals surface area contributed by atoms with Crippen LogP contribution in [0.1, 0.15) is 67.9 Å². The SMILES string of the molecule is CCOC(C)=CC(C)=[O+]CCn1cc[n+](C)c1-c1cc([N+]2=C(C(C)(C)C)N=C2C(C)(C)C)ccc1C. The molecule has 1 aliphatic heterocycles. The number of nitrogens with zero attached hydrogens (tertiary/aromatic N) is 4. The van der Waals surface area contributed by atoms with Crippen molar-refractivity contribution in [3.63, 3.8) is 0 Å². The number of ether oxygens (including phenoxy) is 1. The van der Waals surface area contributed by atoms with E-state index in [0.29, 0.717) is 13.2 Å². The van der Waals surface area contributed by atoms with Gasteiger partial charge in [-0.15, -0.1) is 0 Å². The molecule has 2 heterocycles. The van der Waals surface area contributed by atoms with Crippen molar-refractivity contribution in [3.05, 3.63) is 48.0 Å². The van der Waals surface area contributed by atoms with Crippen LogP contribution in [0.3, 0.4) is 0 Å². The van der Waals surface area contributed by atoms with Crippen molar-refractivity contribution < 1.29 is 18.3 Å². The number of aryl methyl sites for hydroxylation is 2. The Hall–Kier alpha value is -3.02. The highest BCUT2D eigenvalue weighted by molar-refractivity contribution is 6.06. The van der Waals surface area contributed by atoms with Gasteiger partial charge in [0.2, 0.25) is 0 Å². The first-order valence-electron chi connectivity index (χ1n) is 12.9. The van der Waals surface area contributed by atoms with Gasteiger partial charge in [0.1, 0.15) is 23.8 Å². The topological polar surface area (TPSA) is 44.7 Å². The van der Waals surface area contributed by atoms with Crippen molar-refractivity contribution >= 4 is 23.1 Å². The fraction of sp³-hybridized carbons (Fsp3) is 0.533. The van der Waals surface area contributed by atoms with Crippen molar-refractivity contribution in [3.8, 4) is 11.4 Å². The molecule has 0 saturated carbocycles. The number of allylic oxidation sites excluding steroid dienone is 2. The number of carbonyl (C=O) groups excluding carboxylic acids is 1. The van der Waals surface area contributed by atoms with Crippen LogP contribution >= 0.6 is 0 Å².